The van der Waals surface area contributed by atoms with Gasteiger partial charge in [0.05, 0.1) is 0 Å². The van der Waals surface area contributed by atoms with Gasteiger partial charge in [0.15, 0.2) is 0 Å². The average Bonchev–Trinajstić information content (AvgIpc) is 2.17. The molecule has 0 fully saturated rings. The first kappa shape index (κ1) is 13.5. The molecule has 16 heavy (non-hydrogen) atoms. The summed E-state index contributed by atoms with van der Waals surface area (Å²) >= 11 is 0. The van der Waals surface area contributed by atoms with Crippen LogP contribution in [0.3, 0.4) is 0 Å². The molecule has 0 aromatic rings. The van der Waals surface area contributed by atoms with Crippen LogP contribution in [0.5, 0.6) is 0 Å². The van der Waals surface area contributed by atoms with Crippen LogP contribution in [0.15, 0.2) is 11.6 Å². The number of hydrogen-bond acceptors (Lipinski definition) is 2. The van der Waals surface area contributed by atoms with Crippen molar-refractivity contribution >= 4 is 0 Å². The molecular formula is C11H19F3N2. The van der Waals surface area contributed by atoms with Gasteiger partial charge in [-0.05, 0) is 12.3 Å². The Morgan fingerprint density at radius 3 is 2.44 bits per heavy atom. The van der Waals surface area contributed by atoms with Gasteiger partial charge in [0.2, 0.25) is 0 Å². The maximum Gasteiger partial charge on any atom is 0.412 e. The van der Waals surface area contributed by atoms with E-state index in [4.69, 9.17) is 5.73 Å². The molecule has 1 unspecified atom stereocenters. The summed E-state index contributed by atoms with van der Waals surface area (Å²) in [6.45, 7) is 5.51. The third-order valence-corrected chi connectivity index (χ3v) is 2.98. The van der Waals surface area contributed by atoms with Crippen LogP contribution >= 0.6 is 0 Å². The van der Waals surface area contributed by atoms with Gasteiger partial charge in [0.25, 0.3) is 0 Å². The van der Waals surface area contributed by atoms with Gasteiger partial charge in [-0.3, -0.25) is 4.90 Å². The zero-order valence-electron chi connectivity index (χ0n) is 9.72. The van der Waals surface area contributed by atoms with Crippen molar-refractivity contribution in [3.8, 4) is 0 Å². The Labute approximate surface area is 94.3 Å². The lowest BCUT2D eigenvalue weighted by atomic mass is 10.0. The summed E-state index contributed by atoms with van der Waals surface area (Å²) in [5, 5.41) is 0. The molecule has 1 aliphatic heterocycles. The molecule has 1 rings (SSSR count). The highest BCUT2D eigenvalue weighted by Crippen LogP contribution is 2.30. The third-order valence-electron chi connectivity index (χ3n) is 2.98. The summed E-state index contributed by atoms with van der Waals surface area (Å²) in [7, 11) is 0. The lowest BCUT2D eigenvalue weighted by Crippen LogP contribution is -2.43. The molecule has 1 atom stereocenters. The van der Waals surface area contributed by atoms with Gasteiger partial charge in [-0.2, -0.15) is 13.2 Å². The van der Waals surface area contributed by atoms with Crippen molar-refractivity contribution in [1.82, 2.24) is 4.90 Å². The summed E-state index contributed by atoms with van der Waals surface area (Å²) in [4.78, 5) is 1.97. The molecule has 0 saturated carbocycles. The van der Waals surface area contributed by atoms with Crippen LogP contribution in [0.2, 0.25) is 0 Å². The molecule has 0 aromatic carbocycles. The standard InChI is InChI=1S/C11H19F3N2/c1-8(2)10(15)7-16-5-3-9(4-6-16)11(12,13)14/h3,8,10H,4-7,15H2,1-2H3. The fourth-order valence-corrected chi connectivity index (χ4v) is 1.64. The molecule has 1 aliphatic rings. The molecule has 0 aliphatic carbocycles. The number of halogens is 3. The van der Waals surface area contributed by atoms with E-state index >= 15 is 0 Å². The highest BCUT2D eigenvalue weighted by atomic mass is 19.4. The van der Waals surface area contributed by atoms with E-state index in [1.54, 1.807) is 0 Å². The minimum Gasteiger partial charge on any atom is -0.326 e. The summed E-state index contributed by atoms with van der Waals surface area (Å²) in [5.74, 6) is 0.355. The lowest BCUT2D eigenvalue weighted by molar-refractivity contribution is -0.0960. The Kier molecular flexibility index (Phi) is 4.38. The molecule has 5 heteroatoms. The number of rotatable bonds is 3. The van der Waals surface area contributed by atoms with Crippen LogP contribution in [0.4, 0.5) is 13.2 Å². The molecule has 0 aromatic heterocycles. The predicted octanol–water partition coefficient (Wildman–Crippen LogP) is 2.16. The van der Waals surface area contributed by atoms with Crippen LogP contribution in [0.25, 0.3) is 0 Å². The molecule has 0 bridgehead atoms. The monoisotopic (exact) mass is 236 g/mol. The first-order valence-corrected chi connectivity index (χ1v) is 5.55. The van der Waals surface area contributed by atoms with E-state index in [0.29, 0.717) is 25.6 Å². The van der Waals surface area contributed by atoms with E-state index in [2.05, 4.69) is 0 Å². The number of hydrogen-bond donors (Lipinski definition) is 1. The van der Waals surface area contributed by atoms with Gasteiger partial charge in [-0.25, -0.2) is 0 Å². The van der Waals surface area contributed by atoms with Gasteiger partial charge >= 0.3 is 6.18 Å². The van der Waals surface area contributed by atoms with Gasteiger partial charge in [-0.1, -0.05) is 19.9 Å². The first-order valence-electron chi connectivity index (χ1n) is 5.55. The van der Waals surface area contributed by atoms with Crippen molar-refractivity contribution in [2.45, 2.75) is 32.5 Å². The van der Waals surface area contributed by atoms with Gasteiger partial charge in [0, 0.05) is 31.2 Å². The fraction of sp³-hybridized carbons (Fsp3) is 0.818. The second kappa shape index (κ2) is 5.19. The van der Waals surface area contributed by atoms with Crippen LogP contribution in [0, 0.1) is 5.92 Å². The normalized spacial score (nSPS) is 21.1. The van der Waals surface area contributed by atoms with Crippen molar-refractivity contribution in [2.24, 2.45) is 11.7 Å². The Balaban J connectivity index is 2.46. The van der Waals surface area contributed by atoms with Crippen LogP contribution in [-0.4, -0.2) is 36.8 Å². The molecule has 2 N–H and O–H groups in total. The van der Waals surface area contributed by atoms with E-state index < -0.39 is 11.7 Å². The van der Waals surface area contributed by atoms with Crippen molar-refractivity contribution in [3.05, 3.63) is 11.6 Å². The van der Waals surface area contributed by atoms with E-state index in [-0.39, 0.29) is 12.5 Å². The summed E-state index contributed by atoms with van der Waals surface area (Å²) in [5.41, 5.74) is 5.48. The molecule has 94 valence electrons. The van der Waals surface area contributed by atoms with Crippen molar-refractivity contribution in [1.29, 1.82) is 0 Å². The first-order chi connectivity index (χ1) is 7.30. The van der Waals surface area contributed by atoms with Gasteiger partial charge < -0.3 is 5.73 Å². The Hall–Kier alpha value is -0.550. The molecule has 0 amide bonds. The quantitative estimate of drug-likeness (QED) is 0.761. The Morgan fingerprint density at radius 2 is 2.06 bits per heavy atom. The lowest BCUT2D eigenvalue weighted by Gasteiger charge is -2.30. The fourth-order valence-electron chi connectivity index (χ4n) is 1.64. The van der Waals surface area contributed by atoms with E-state index in [0.717, 1.165) is 0 Å². The smallest absolute Gasteiger partial charge is 0.326 e. The minimum absolute atomic E-state index is 0.0286. The topological polar surface area (TPSA) is 29.3 Å². The Morgan fingerprint density at radius 1 is 1.44 bits per heavy atom. The van der Waals surface area contributed by atoms with Gasteiger partial charge in [-0.15, -0.1) is 0 Å². The third kappa shape index (κ3) is 3.79. The van der Waals surface area contributed by atoms with E-state index in [9.17, 15) is 13.2 Å². The van der Waals surface area contributed by atoms with E-state index in [1.807, 2.05) is 18.7 Å². The molecule has 0 spiro atoms. The number of nitrogens with zero attached hydrogens (tertiary/aromatic N) is 1. The zero-order chi connectivity index (χ0) is 12.3. The maximum atomic E-state index is 12.3. The summed E-state index contributed by atoms with van der Waals surface area (Å²) in [6.07, 6.45) is -2.81. The highest BCUT2D eigenvalue weighted by Gasteiger charge is 2.34. The summed E-state index contributed by atoms with van der Waals surface area (Å²) < 4.78 is 37.0. The molecular weight excluding hydrogens is 217 g/mol. The number of nitrogens with two attached hydrogens (primary N) is 1. The minimum atomic E-state index is -4.16. The summed E-state index contributed by atoms with van der Waals surface area (Å²) in [6, 6.07) is 0.0286. The van der Waals surface area contributed by atoms with Crippen molar-refractivity contribution in [3.63, 3.8) is 0 Å². The predicted molar refractivity (Wildman–Crippen MR) is 58.0 cm³/mol. The SMILES string of the molecule is CC(C)C(N)CN1CC=C(C(F)(F)F)CC1. The van der Waals surface area contributed by atoms with Gasteiger partial charge in [0.1, 0.15) is 0 Å². The van der Waals surface area contributed by atoms with Crippen LogP contribution in [0.1, 0.15) is 20.3 Å². The molecule has 2 nitrogen and oxygen atoms in total. The van der Waals surface area contributed by atoms with Crippen molar-refractivity contribution < 1.29 is 13.2 Å². The zero-order valence-corrected chi connectivity index (χ0v) is 9.72. The molecule has 1 heterocycles. The second-order valence-corrected chi connectivity index (χ2v) is 4.64. The number of alkyl halides is 3. The van der Waals surface area contributed by atoms with Crippen LogP contribution in [-0.2, 0) is 0 Å². The molecule has 0 radical (unpaired) electrons. The van der Waals surface area contributed by atoms with Crippen LogP contribution < -0.4 is 5.73 Å². The Bertz CT molecular complexity index is 258. The van der Waals surface area contributed by atoms with E-state index in [1.165, 1.54) is 6.08 Å². The largest absolute Gasteiger partial charge is 0.412 e. The second-order valence-electron chi connectivity index (χ2n) is 4.64. The average molecular weight is 236 g/mol. The maximum absolute atomic E-state index is 12.3. The molecule has 0 saturated heterocycles. The van der Waals surface area contributed by atoms with Crippen molar-refractivity contribution in [2.75, 3.05) is 19.6 Å². The highest BCUT2D eigenvalue weighted by molar-refractivity contribution is 5.13.